The van der Waals surface area contributed by atoms with Crippen molar-refractivity contribution in [2.24, 2.45) is 0 Å². The highest BCUT2D eigenvalue weighted by Crippen LogP contribution is 2.11. The zero-order valence-corrected chi connectivity index (χ0v) is 9.81. The molecule has 1 N–H and O–H groups in total. The quantitative estimate of drug-likeness (QED) is 0.555. The molecular weight excluding hydrogens is 178 g/mol. The molecule has 82 valence electrons. The smallest absolute Gasteiger partial charge is 0.334 e. The van der Waals surface area contributed by atoms with Gasteiger partial charge in [0, 0.05) is 17.2 Å². The van der Waals surface area contributed by atoms with Crippen LogP contribution in [-0.2, 0) is 9.53 Å². The molecule has 0 rings (SSSR count). The molecule has 1 atom stereocenters. The van der Waals surface area contributed by atoms with Gasteiger partial charge >= 0.3 is 5.97 Å². The Labute approximate surface area is 86.5 Å². The first-order chi connectivity index (χ1) is 6.31. The van der Waals surface area contributed by atoms with Crippen molar-refractivity contribution in [3.8, 4) is 0 Å². The largest absolute Gasteiger partial charge is 0.466 e. The predicted molar refractivity (Wildman–Crippen MR) is 58.1 cm³/mol. The van der Waals surface area contributed by atoms with Crippen molar-refractivity contribution >= 4 is 5.97 Å². The number of carbonyl (C=O) groups excluding carboxylic acids is 1. The van der Waals surface area contributed by atoms with Crippen LogP contribution in [0.15, 0.2) is 12.2 Å². The number of hydrogen-bond donors (Lipinski definition) is 1. The lowest BCUT2D eigenvalue weighted by atomic mass is 10.0. The van der Waals surface area contributed by atoms with Gasteiger partial charge in [-0.2, -0.15) is 0 Å². The van der Waals surface area contributed by atoms with E-state index in [1.165, 1.54) is 7.11 Å². The van der Waals surface area contributed by atoms with Crippen LogP contribution in [0.4, 0.5) is 0 Å². The van der Waals surface area contributed by atoms with E-state index in [1.807, 2.05) is 6.92 Å². The maximum Gasteiger partial charge on any atom is 0.334 e. The van der Waals surface area contributed by atoms with Gasteiger partial charge in [-0.1, -0.05) is 13.5 Å². The van der Waals surface area contributed by atoms with E-state index >= 15 is 0 Å². The van der Waals surface area contributed by atoms with Crippen LogP contribution in [0, 0.1) is 0 Å². The molecule has 0 aliphatic carbocycles. The molecule has 0 aliphatic heterocycles. The SMILES string of the molecule is C=C(C(=O)OC)C(CC)NC(C)(C)C. The van der Waals surface area contributed by atoms with Crippen molar-refractivity contribution in [2.75, 3.05) is 7.11 Å². The molecule has 0 aromatic heterocycles. The third-order valence-electron chi connectivity index (χ3n) is 1.88. The minimum atomic E-state index is -0.339. The molecule has 0 heterocycles. The summed E-state index contributed by atoms with van der Waals surface area (Å²) in [5, 5.41) is 3.32. The van der Waals surface area contributed by atoms with E-state index in [4.69, 9.17) is 0 Å². The molecule has 0 amide bonds. The first-order valence-corrected chi connectivity index (χ1v) is 4.86. The van der Waals surface area contributed by atoms with Crippen LogP contribution in [0.1, 0.15) is 34.1 Å². The summed E-state index contributed by atoms with van der Waals surface area (Å²) in [4.78, 5) is 11.2. The van der Waals surface area contributed by atoms with Crippen molar-refractivity contribution in [1.29, 1.82) is 0 Å². The molecular formula is C11H21NO2. The molecule has 0 fully saturated rings. The lowest BCUT2D eigenvalue weighted by molar-refractivity contribution is -0.136. The Morgan fingerprint density at radius 2 is 2.00 bits per heavy atom. The van der Waals surface area contributed by atoms with Gasteiger partial charge < -0.3 is 10.1 Å². The third-order valence-corrected chi connectivity index (χ3v) is 1.88. The van der Waals surface area contributed by atoms with Crippen LogP contribution >= 0.6 is 0 Å². The van der Waals surface area contributed by atoms with Gasteiger partial charge in [0.2, 0.25) is 0 Å². The number of rotatable bonds is 4. The number of esters is 1. The first kappa shape index (κ1) is 13.2. The summed E-state index contributed by atoms with van der Waals surface area (Å²) < 4.78 is 4.63. The first-order valence-electron chi connectivity index (χ1n) is 4.86. The molecule has 0 saturated carbocycles. The van der Waals surface area contributed by atoms with Crippen molar-refractivity contribution in [3.63, 3.8) is 0 Å². The molecule has 0 spiro atoms. The predicted octanol–water partition coefficient (Wildman–Crippen LogP) is 1.88. The fourth-order valence-corrected chi connectivity index (χ4v) is 1.23. The molecule has 3 heteroatoms. The Morgan fingerprint density at radius 3 is 2.29 bits per heavy atom. The second kappa shape index (κ2) is 5.15. The van der Waals surface area contributed by atoms with Crippen LogP contribution in [-0.4, -0.2) is 24.7 Å². The van der Waals surface area contributed by atoms with Gasteiger partial charge in [0.15, 0.2) is 0 Å². The zero-order valence-electron chi connectivity index (χ0n) is 9.81. The van der Waals surface area contributed by atoms with E-state index in [0.29, 0.717) is 5.57 Å². The van der Waals surface area contributed by atoms with Gasteiger partial charge in [-0.15, -0.1) is 0 Å². The summed E-state index contributed by atoms with van der Waals surface area (Å²) in [6.07, 6.45) is 0.825. The van der Waals surface area contributed by atoms with E-state index in [-0.39, 0.29) is 17.6 Å². The highest BCUT2D eigenvalue weighted by Gasteiger charge is 2.22. The van der Waals surface area contributed by atoms with Crippen molar-refractivity contribution in [1.82, 2.24) is 5.32 Å². The van der Waals surface area contributed by atoms with Crippen LogP contribution in [0.2, 0.25) is 0 Å². The number of nitrogens with one attached hydrogen (secondary N) is 1. The highest BCUT2D eigenvalue weighted by molar-refractivity contribution is 5.88. The number of hydrogen-bond acceptors (Lipinski definition) is 3. The Balaban J connectivity index is 4.42. The Kier molecular flexibility index (Phi) is 4.85. The van der Waals surface area contributed by atoms with Gasteiger partial charge in [-0.25, -0.2) is 4.79 Å². The highest BCUT2D eigenvalue weighted by atomic mass is 16.5. The lowest BCUT2D eigenvalue weighted by Gasteiger charge is -2.28. The van der Waals surface area contributed by atoms with E-state index in [0.717, 1.165) is 6.42 Å². The normalized spacial score (nSPS) is 13.5. The Hall–Kier alpha value is -0.830. The van der Waals surface area contributed by atoms with Crippen molar-refractivity contribution in [2.45, 2.75) is 45.7 Å². The van der Waals surface area contributed by atoms with Crippen molar-refractivity contribution < 1.29 is 9.53 Å². The summed E-state index contributed by atoms with van der Waals surface area (Å²) in [5.74, 6) is -0.339. The van der Waals surface area contributed by atoms with Crippen molar-refractivity contribution in [3.05, 3.63) is 12.2 Å². The van der Waals surface area contributed by atoms with Gasteiger partial charge in [0.05, 0.1) is 7.11 Å². The summed E-state index contributed by atoms with van der Waals surface area (Å²) in [7, 11) is 1.37. The Bertz CT molecular complexity index is 216. The van der Waals surface area contributed by atoms with Crippen LogP contribution in [0.25, 0.3) is 0 Å². The van der Waals surface area contributed by atoms with Gasteiger partial charge in [-0.3, -0.25) is 0 Å². The summed E-state index contributed by atoms with van der Waals surface area (Å²) >= 11 is 0. The minimum Gasteiger partial charge on any atom is -0.466 e. The molecule has 0 aromatic rings. The second-order valence-electron chi connectivity index (χ2n) is 4.37. The van der Waals surface area contributed by atoms with E-state index in [1.54, 1.807) is 0 Å². The van der Waals surface area contributed by atoms with Gasteiger partial charge in [0.25, 0.3) is 0 Å². The minimum absolute atomic E-state index is 0.0116. The number of methoxy groups -OCH3 is 1. The zero-order chi connectivity index (χ0) is 11.4. The summed E-state index contributed by atoms with van der Waals surface area (Å²) in [5.41, 5.74) is 0.461. The van der Waals surface area contributed by atoms with Crippen LogP contribution in [0.3, 0.4) is 0 Å². The van der Waals surface area contributed by atoms with Gasteiger partial charge in [0.1, 0.15) is 0 Å². The summed E-state index contributed by atoms with van der Waals surface area (Å²) in [6.45, 7) is 11.9. The fraction of sp³-hybridized carbons (Fsp3) is 0.727. The lowest BCUT2D eigenvalue weighted by Crippen LogP contribution is -2.45. The monoisotopic (exact) mass is 199 g/mol. The molecule has 0 radical (unpaired) electrons. The van der Waals surface area contributed by atoms with E-state index in [2.05, 4.69) is 37.4 Å². The standard InChI is InChI=1S/C11H21NO2/c1-7-9(12-11(3,4)5)8(2)10(13)14-6/h9,12H,2,7H2,1,3-6H3. The summed E-state index contributed by atoms with van der Waals surface area (Å²) in [6, 6.07) is -0.0116. The maximum absolute atomic E-state index is 11.2. The molecule has 0 saturated heterocycles. The van der Waals surface area contributed by atoms with Crippen LogP contribution in [0.5, 0.6) is 0 Å². The maximum atomic E-state index is 11.2. The number of ether oxygens (including phenoxy) is 1. The average molecular weight is 199 g/mol. The van der Waals surface area contributed by atoms with E-state index < -0.39 is 0 Å². The molecule has 0 bridgehead atoms. The van der Waals surface area contributed by atoms with E-state index in [9.17, 15) is 4.79 Å². The molecule has 0 aromatic carbocycles. The third kappa shape index (κ3) is 4.42. The van der Waals surface area contributed by atoms with Gasteiger partial charge in [-0.05, 0) is 27.2 Å². The molecule has 3 nitrogen and oxygen atoms in total. The topological polar surface area (TPSA) is 38.3 Å². The average Bonchev–Trinajstić information content (AvgIpc) is 2.10. The molecule has 1 unspecified atom stereocenters. The molecule has 0 aliphatic rings. The fourth-order valence-electron chi connectivity index (χ4n) is 1.23. The van der Waals surface area contributed by atoms with Crippen LogP contribution < -0.4 is 5.32 Å². The number of carbonyl (C=O) groups is 1. The molecule has 14 heavy (non-hydrogen) atoms. The Morgan fingerprint density at radius 1 is 1.50 bits per heavy atom. The second-order valence-corrected chi connectivity index (χ2v) is 4.37.